The minimum atomic E-state index is 0.619. The fraction of sp³-hybridized carbons (Fsp3) is 0.765. The summed E-state index contributed by atoms with van der Waals surface area (Å²) in [5.41, 5.74) is 0. The maximum absolute atomic E-state index is 5.47. The van der Waals surface area contributed by atoms with Crippen molar-refractivity contribution in [2.45, 2.75) is 71.0 Å². The van der Waals surface area contributed by atoms with Crippen molar-refractivity contribution in [3.8, 4) is 0 Å². The molecule has 114 valence electrons. The van der Waals surface area contributed by atoms with Gasteiger partial charge in [0.2, 0.25) is 0 Å². The molecular weight excluding hydrogens is 248 g/mol. The van der Waals surface area contributed by atoms with E-state index < -0.39 is 0 Å². The standard InChI is InChI=1S/C17H30N2O/c1-15(2)18-11-5-3-4-6-12-19(16-9-10-16)14-17-8-7-13-20-17/h7-8,13,15-16,18H,3-6,9-12,14H2,1-2H3. The van der Waals surface area contributed by atoms with E-state index in [-0.39, 0.29) is 0 Å². The first-order chi connectivity index (χ1) is 9.75. The topological polar surface area (TPSA) is 28.4 Å². The monoisotopic (exact) mass is 278 g/mol. The highest BCUT2D eigenvalue weighted by Crippen LogP contribution is 2.28. The number of unbranched alkanes of at least 4 members (excludes halogenated alkanes) is 3. The van der Waals surface area contributed by atoms with Crippen LogP contribution < -0.4 is 5.32 Å². The van der Waals surface area contributed by atoms with Gasteiger partial charge in [-0.05, 0) is 50.9 Å². The van der Waals surface area contributed by atoms with Gasteiger partial charge in [-0.25, -0.2) is 0 Å². The largest absolute Gasteiger partial charge is 0.468 e. The van der Waals surface area contributed by atoms with Crippen molar-refractivity contribution in [2.24, 2.45) is 0 Å². The van der Waals surface area contributed by atoms with Gasteiger partial charge >= 0.3 is 0 Å². The zero-order valence-electron chi connectivity index (χ0n) is 13.1. The first-order valence-corrected chi connectivity index (χ1v) is 8.25. The van der Waals surface area contributed by atoms with Gasteiger partial charge in [0.15, 0.2) is 0 Å². The number of nitrogens with zero attached hydrogens (tertiary/aromatic N) is 1. The highest BCUT2D eigenvalue weighted by atomic mass is 16.3. The van der Waals surface area contributed by atoms with Gasteiger partial charge < -0.3 is 9.73 Å². The van der Waals surface area contributed by atoms with Crippen LogP contribution in [0.5, 0.6) is 0 Å². The summed E-state index contributed by atoms with van der Waals surface area (Å²) < 4.78 is 5.47. The number of rotatable bonds is 11. The van der Waals surface area contributed by atoms with E-state index in [2.05, 4.69) is 30.1 Å². The van der Waals surface area contributed by atoms with Crippen molar-refractivity contribution in [3.63, 3.8) is 0 Å². The summed E-state index contributed by atoms with van der Waals surface area (Å²) in [4.78, 5) is 2.60. The minimum Gasteiger partial charge on any atom is -0.468 e. The van der Waals surface area contributed by atoms with E-state index in [4.69, 9.17) is 4.42 Å². The molecule has 1 heterocycles. The van der Waals surface area contributed by atoms with Gasteiger partial charge in [0, 0.05) is 12.1 Å². The Balaban J connectivity index is 1.54. The molecule has 1 aromatic rings. The second kappa shape index (κ2) is 8.48. The van der Waals surface area contributed by atoms with Gasteiger partial charge in [-0.15, -0.1) is 0 Å². The minimum absolute atomic E-state index is 0.619. The Kier molecular flexibility index (Phi) is 6.61. The summed E-state index contributed by atoms with van der Waals surface area (Å²) in [5.74, 6) is 1.11. The van der Waals surface area contributed by atoms with E-state index in [0.717, 1.165) is 24.9 Å². The van der Waals surface area contributed by atoms with Crippen LogP contribution in [0.3, 0.4) is 0 Å². The maximum Gasteiger partial charge on any atom is 0.117 e. The number of furan rings is 1. The third-order valence-electron chi connectivity index (χ3n) is 3.93. The van der Waals surface area contributed by atoms with E-state index in [0.29, 0.717) is 6.04 Å². The molecule has 0 atom stereocenters. The van der Waals surface area contributed by atoms with Gasteiger partial charge in [0.1, 0.15) is 5.76 Å². The van der Waals surface area contributed by atoms with Crippen LogP contribution in [-0.4, -0.2) is 30.1 Å². The van der Waals surface area contributed by atoms with Crippen LogP contribution in [0, 0.1) is 0 Å². The molecule has 0 bridgehead atoms. The van der Waals surface area contributed by atoms with Crippen LogP contribution in [-0.2, 0) is 6.54 Å². The molecule has 0 spiro atoms. The molecule has 1 saturated carbocycles. The van der Waals surface area contributed by atoms with E-state index in [1.807, 2.05) is 6.07 Å². The van der Waals surface area contributed by atoms with Crippen LogP contribution in [0.2, 0.25) is 0 Å². The number of hydrogen-bond acceptors (Lipinski definition) is 3. The molecule has 2 rings (SSSR count). The highest BCUT2D eigenvalue weighted by molar-refractivity contribution is 4.99. The third-order valence-corrected chi connectivity index (χ3v) is 3.93. The van der Waals surface area contributed by atoms with Gasteiger partial charge in [-0.3, -0.25) is 4.90 Å². The fourth-order valence-electron chi connectivity index (χ4n) is 2.62. The Labute approximate surface area is 123 Å². The molecule has 0 saturated heterocycles. The molecule has 20 heavy (non-hydrogen) atoms. The summed E-state index contributed by atoms with van der Waals surface area (Å²) in [6.07, 6.45) is 9.85. The van der Waals surface area contributed by atoms with Crippen LogP contribution in [0.15, 0.2) is 22.8 Å². The molecule has 0 radical (unpaired) electrons. The summed E-state index contributed by atoms with van der Waals surface area (Å²) in [6, 6.07) is 5.52. The molecule has 0 aromatic carbocycles. The normalized spacial score (nSPS) is 15.4. The molecule has 1 aliphatic carbocycles. The second-order valence-electron chi connectivity index (χ2n) is 6.30. The zero-order chi connectivity index (χ0) is 14.2. The lowest BCUT2D eigenvalue weighted by Gasteiger charge is -2.20. The molecule has 0 aliphatic heterocycles. The maximum atomic E-state index is 5.47. The van der Waals surface area contributed by atoms with E-state index >= 15 is 0 Å². The van der Waals surface area contributed by atoms with Gasteiger partial charge in [-0.1, -0.05) is 26.7 Å². The smallest absolute Gasteiger partial charge is 0.117 e. The summed E-state index contributed by atoms with van der Waals surface area (Å²) in [7, 11) is 0. The molecule has 1 fully saturated rings. The molecule has 0 amide bonds. The first-order valence-electron chi connectivity index (χ1n) is 8.25. The van der Waals surface area contributed by atoms with Crippen LogP contribution in [0.25, 0.3) is 0 Å². The second-order valence-corrected chi connectivity index (χ2v) is 6.30. The van der Waals surface area contributed by atoms with Crippen molar-refractivity contribution in [2.75, 3.05) is 13.1 Å². The van der Waals surface area contributed by atoms with Crippen LogP contribution >= 0.6 is 0 Å². The first kappa shape index (κ1) is 15.6. The summed E-state index contributed by atoms with van der Waals surface area (Å²) >= 11 is 0. The molecule has 0 unspecified atom stereocenters. The Morgan fingerprint density at radius 1 is 1.25 bits per heavy atom. The van der Waals surface area contributed by atoms with Crippen LogP contribution in [0.1, 0.15) is 58.1 Å². The van der Waals surface area contributed by atoms with Crippen LogP contribution in [0.4, 0.5) is 0 Å². The predicted octanol–water partition coefficient (Wildman–Crippen LogP) is 3.80. The van der Waals surface area contributed by atoms with E-state index in [9.17, 15) is 0 Å². The molecule has 1 aromatic heterocycles. The lowest BCUT2D eigenvalue weighted by atomic mass is 10.2. The molecular formula is C17H30N2O. The predicted molar refractivity (Wildman–Crippen MR) is 83.7 cm³/mol. The molecule has 1 aliphatic rings. The molecule has 3 nitrogen and oxygen atoms in total. The van der Waals surface area contributed by atoms with Crippen molar-refractivity contribution in [3.05, 3.63) is 24.2 Å². The van der Waals surface area contributed by atoms with Gasteiger partial charge in [0.25, 0.3) is 0 Å². The SMILES string of the molecule is CC(C)NCCCCCCN(Cc1ccco1)C1CC1. The van der Waals surface area contributed by atoms with E-state index in [1.54, 1.807) is 6.26 Å². The molecule has 3 heteroatoms. The Morgan fingerprint density at radius 2 is 2.05 bits per heavy atom. The average Bonchev–Trinajstić information content (AvgIpc) is 3.14. The number of nitrogens with one attached hydrogen (secondary N) is 1. The van der Waals surface area contributed by atoms with E-state index in [1.165, 1.54) is 45.1 Å². The van der Waals surface area contributed by atoms with Crippen molar-refractivity contribution < 1.29 is 4.42 Å². The molecule has 1 N–H and O–H groups in total. The Hall–Kier alpha value is -0.800. The third kappa shape index (κ3) is 6.10. The fourth-order valence-corrected chi connectivity index (χ4v) is 2.62. The zero-order valence-corrected chi connectivity index (χ0v) is 13.1. The quantitative estimate of drug-likeness (QED) is 0.624. The van der Waals surface area contributed by atoms with Gasteiger partial charge in [0.05, 0.1) is 12.8 Å². The number of hydrogen-bond donors (Lipinski definition) is 1. The van der Waals surface area contributed by atoms with Crippen molar-refractivity contribution in [1.29, 1.82) is 0 Å². The Bertz CT molecular complexity index is 344. The lowest BCUT2D eigenvalue weighted by Crippen LogP contribution is -2.26. The van der Waals surface area contributed by atoms with Crippen molar-refractivity contribution >= 4 is 0 Å². The average molecular weight is 278 g/mol. The summed E-state index contributed by atoms with van der Waals surface area (Å²) in [6.45, 7) is 7.80. The lowest BCUT2D eigenvalue weighted by molar-refractivity contribution is 0.228. The van der Waals surface area contributed by atoms with Gasteiger partial charge in [-0.2, -0.15) is 0 Å². The van der Waals surface area contributed by atoms with Crippen molar-refractivity contribution in [1.82, 2.24) is 10.2 Å². The highest BCUT2D eigenvalue weighted by Gasteiger charge is 2.28. The summed E-state index contributed by atoms with van der Waals surface area (Å²) in [5, 5.41) is 3.48. The Morgan fingerprint density at radius 3 is 2.70 bits per heavy atom.